The number of rotatable bonds is 9. The van der Waals surface area contributed by atoms with Crippen LogP contribution < -0.4 is 10.1 Å². The number of anilines is 1. The Labute approximate surface area is 177 Å². The number of ether oxygens (including phenoxy) is 2. The van der Waals surface area contributed by atoms with Gasteiger partial charge in [-0.25, -0.2) is 0 Å². The molecule has 1 N–H and O–H groups in total. The largest absolute Gasteiger partial charge is 0.496 e. The van der Waals surface area contributed by atoms with Crippen molar-refractivity contribution in [1.82, 2.24) is 4.90 Å². The third-order valence-electron chi connectivity index (χ3n) is 4.94. The summed E-state index contributed by atoms with van der Waals surface area (Å²) in [6.07, 6.45) is 0.949. The van der Waals surface area contributed by atoms with Gasteiger partial charge in [-0.3, -0.25) is 14.5 Å². The smallest absolute Gasteiger partial charge is 0.278 e. The van der Waals surface area contributed by atoms with Crippen LogP contribution in [-0.2, 0) is 20.7 Å². The molecule has 0 radical (unpaired) electrons. The van der Waals surface area contributed by atoms with Crippen molar-refractivity contribution >= 4 is 23.1 Å². The Morgan fingerprint density at radius 3 is 2.33 bits per heavy atom. The number of nitrogens with one attached hydrogen (secondary N) is 1. The first-order chi connectivity index (χ1) is 14.5. The van der Waals surface area contributed by atoms with Gasteiger partial charge in [-0.05, 0) is 44.0 Å². The second-order valence-corrected chi connectivity index (χ2v) is 7.31. The number of carbonyl (C=O) groups excluding carboxylic acids is 2. The van der Waals surface area contributed by atoms with E-state index in [0.29, 0.717) is 16.9 Å². The molecule has 1 aliphatic rings. The summed E-state index contributed by atoms with van der Waals surface area (Å²) in [5.41, 5.74) is 3.08. The number of carbonyl (C=O) groups is 2. The summed E-state index contributed by atoms with van der Waals surface area (Å²) in [5, 5.41) is 3.17. The molecule has 0 atom stereocenters. The van der Waals surface area contributed by atoms with Gasteiger partial charge in [-0.15, -0.1) is 0 Å². The van der Waals surface area contributed by atoms with Crippen LogP contribution in [0.25, 0.3) is 5.57 Å². The van der Waals surface area contributed by atoms with E-state index in [4.69, 9.17) is 9.47 Å². The zero-order valence-corrected chi connectivity index (χ0v) is 17.9. The first-order valence-corrected chi connectivity index (χ1v) is 10.2. The van der Waals surface area contributed by atoms with Crippen molar-refractivity contribution in [2.45, 2.75) is 33.3 Å². The average Bonchev–Trinajstić information content (AvgIpc) is 2.98. The molecule has 0 fully saturated rings. The molecule has 1 aliphatic heterocycles. The quantitative estimate of drug-likeness (QED) is 0.638. The molecule has 0 aromatic heterocycles. The van der Waals surface area contributed by atoms with Gasteiger partial charge in [-0.2, -0.15) is 0 Å². The number of benzene rings is 2. The Bertz CT molecular complexity index is 948. The van der Waals surface area contributed by atoms with Crippen molar-refractivity contribution in [3.63, 3.8) is 0 Å². The van der Waals surface area contributed by atoms with Crippen LogP contribution in [0.15, 0.2) is 54.2 Å². The maximum absolute atomic E-state index is 13.3. The molecular formula is C24H28N2O4. The standard InChI is InChI=1S/C24H28N2O4/c1-5-17-10-12-18(13-11-17)25-22-21(19-8-6-7-9-20(19)29-4)23(27)26(24(22)28)14-15-30-16(2)3/h6-13,16,25H,5,14-15H2,1-4H3. The third kappa shape index (κ3) is 4.54. The molecule has 6 nitrogen and oxygen atoms in total. The minimum Gasteiger partial charge on any atom is -0.496 e. The maximum atomic E-state index is 13.3. The van der Waals surface area contributed by atoms with Crippen molar-refractivity contribution in [2.24, 2.45) is 0 Å². The second-order valence-electron chi connectivity index (χ2n) is 7.31. The van der Waals surface area contributed by atoms with E-state index in [1.807, 2.05) is 50.2 Å². The molecule has 0 bridgehead atoms. The molecule has 0 saturated carbocycles. The lowest BCUT2D eigenvalue weighted by molar-refractivity contribution is -0.137. The Kier molecular flexibility index (Phi) is 6.90. The number of methoxy groups -OCH3 is 1. The highest BCUT2D eigenvalue weighted by atomic mass is 16.5. The topological polar surface area (TPSA) is 67.9 Å². The Balaban J connectivity index is 1.99. The molecule has 0 unspecified atom stereocenters. The summed E-state index contributed by atoms with van der Waals surface area (Å²) in [4.78, 5) is 27.7. The number of hydrogen-bond acceptors (Lipinski definition) is 5. The van der Waals surface area contributed by atoms with Gasteiger partial charge in [0.15, 0.2) is 0 Å². The highest BCUT2D eigenvalue weighted by Crippen LogP contribution is 2.35. The number of aryl methyl sites for hydroxylation is 1. The van der Waals surface area contributed by atoms with Crippen LogP contribution in [0.1, 0.15) is 31.9 Å². The number of nitrogens with zero attached hydrogens (tertiary/aromatic N) is 1. The molecule has 30 heavy (non-hydrogen) atoms. The van der Waals surface area contributed by atoms with Crippen molar-refractivity contribution in [2.75, 3.05) is 25.6 Å². The molecule has 0 saturated heterocycles. The minimum atomic E-state index is -0.368. The molecule has 2 aromatic rings. The number of amides is 2. The summed E-state index contributed by atoms with van der Waals surface area (Å²) in [5.74, 6) is -0.188. The van der Waals surface area contributed by atoms with Crippen LogP contribution in [0, 0.1) is 0 Å². The van der Waals surface area contributed by atoms with E-state index in [-0.39, 0.29) is 36.8 Å². The average molecular weight is 408 g/mol. The van der Waals surface area contributed by atoms with Gasteiger partial charge in [0.2, 0.25) is 0 Å². The van der Waals surface area contributed by atoms with E-state index >= 15 is 0 Å². The van der Waals surface area contributed by atoms with E-state index < -0.39 is 0 Å². The van der Waals surface area contributed by atoms with E-state index in [0.717, 1.165) is 12.1 Å². The van der Waals surface area contributed by atoms with Gasteiger partial charge >= 0.3 is 0 Å². The first kappa shape index (κ1) is 21.6. The third-order valence-corrected chi connectivity index (χ3v) is 4.94. The van der Waals surface area contributed by atoms with E-state index in [2.05, 4.69) is 12.2 Å². The fourth-order valence-electron chi connectivity index (χ4n) is 3.34. The maximum Gasteiger partial charge on any atom is 0.278 e. The molecule has 0 aliphatic carbocycles. The van der Waals surface area contributed by atoms with Gasteiger partial charge in [0.25, 0.3) is 11.8 Å². The number of imide groups is 1. The van der Waals surface area contributed by atoms with Gasteiger partial charge in [0.05, 0.1) is 31.9 Å². The molecule has 1 heterocycles. The van der Waals surface area contributed by atoms with E-state index in [1.54, 1.807) is 19.2 Å². The van der Waals surface area contributed by atoms with Gasteiger partial charge in [0.1, 0.15) is 11.4 Å². The van der Waals surface area contributed by atoms with E-state index in [9.17, 15) is 9.59 Å². The fourth-order valence-corrected chi connectivity index (χ4v) is 3.34. The molecule has 2 amide bonds. The van der Waals surface area contributed by atoms with Crippen LogP contribution in [0.5, 0.6) is 5.75 Å². The zero-order chi connectivity index (χ0) is 21.7. The first-order valence-electron chi connectivity index (χ1n) is 10.2. The lowest BCUT2D eigenvalue weighted by Gasteiger charge is -2.16. The summed E-state index contributed by atoms with van der Waals surface area (Å²) in [6.45, 7) is 6.39. The predicted molar refractivity (Wildman–Crippen MR) is 117 cm³/mol. The SMILES string of the molecule is CCc1ccc(NC2=C(c3ccccc3OC)C(=O)N(CCOC(C)C)C2=O)cc1. The highest BCUT2D eigenvalue weighted by Gasteiger charge is 2.40. The van der Waals surface area contributed by atoms with Crippen LogP contribution in [0.3, 0.4) is 0 Å². The summed E-state index contributed by atoms with van der Waals surface area (Å²) in [7, 11) is 1.55. The van der Waals surface area contributed by atoms with E-state index in [1.165, 1.54) is 10.5 Å². The normalized spacial score (nSPS) is 14.1. The summed E-state index contributed by atoms with van der Waals surface area (Å²) < 4.78 is 11.0. The van der Waals surface area contributed by atoms with Crippen LogP contribution in [-0.4, -0.2) is 43.1 Å². The molecule has 3 rings (SSSR count). The Morgan fingerprint density at radius 1 is 1.00 bits per heavy atom. The highest BCUT2D eigenvalue weighted by molar-refractivity contribution is 6.37. The van der Waals surface area contributed by atoms with Crippen molar-refractivity contribution in [1.29, 1.82) is 0 Å². The van der Waals surface area contributed by atoms with Gasteiger partial charge in [-0.1, -0.05) is 37.3 Å². The second kappa shape index (κ2) is 9.59. The number of para-hydroxylation sites is 1. The Hall–Kier alpha value is -3.12. The predicted octanol–water partition coefficient (Wildman–Crippen LogP) is 3.87. The summed E-state index contributed by atoms with van der Waals surface area (Å²) >= 11 is 0. The van der Waals surface area contributed by atoms with Crippen LogP contribution in [0.4, 0.5) is 5.69 Å². The zero-order valence-electron chi connectivity index (χ0n) is 17.9. The lowest BCUT2D eigenvalue weighted by Crippen LogP contribution is -2.35. The van der Waals surface area contributed by atoms with Crippen LogP contribution in [0.2, 0.25) is 0 Å². The fraction of sp³-hybridized carbons (Fsp3) is 0.333. The molecule has 2 aromatic carbocycles. The Morgan fingerprint density at radius 2 is 1.70 bits per heavy atom. The van der Waals surface area contributed by atoms with Crippen LogP contribution >= 0.6 is 0 Å². The van der Waals surface area contributed by atoms with Gasteiger partial charge < -0.3 is 14.8 Å². The van der Waals surface area contributed by atoms with Crippen molar-refractivity contribution < 1.29 is 19.1 Å². The molecule has 0 spiro atoms. The molecule has 6 heteroatoms. The summed E-state index contributed by atoms with van der Waals surface area (Å²) in [6, 6.07) is 15.0. The molecular weight excluding hydrogens is 380 g/mol. The lowest BCUT2D eigenvalue weighted by atomic mass is 10.0. The monoisotopic (exact) mass is 408 g/mol. The molecule has 158 valence electrons. The van der Waals surface area contributed by atoms with Crippen molar-refractivity contribution in [3.05, 3.63) is 65.4 Å². The number of hydrogen-bond donors (Lipinski definition) is 1. The van der Waals surface area contributed by atoms with Gasteiger partial charge in [0, 0.05) is 11.3 Å². The van der Waals surface area contributed by atoms with Crippen molar-refractivity contribution in [3.8, 4) is 5.75 Å². The minimum absolute atomic E-state index is 0.0223.